The summed E-state index contributed by atoms with van der Waals surface area (Å²) in [5.41, 5.74) is 7.39. The van der Waals surface area contributed by atoms with Crippen LogP contribution in [0.25, 0.3) is 54.5 Å². The Morgan fingerprint density at radius 2 is 1.54 bits per heavy atom. The molecule has 0 fully saturated rings. The maximum atomic E-state index is 6.37. The molecule has 6 heteroatoms. The summed E-state index contributed by atoms with van der Waals surface area (Å²) in [5, 5.41) is 5.94. The molecule has 4 heterocycles. The standard InChI is InChI=1S/C35H20N2OSSe.Pt/c1-21-17-25(33-35-29(12-15-37-33)28-9-3-5-22-6-4-10-30(40-35)31(22)28)20-27(18-21)38-26-8-2-7-24(19-26)32-34-23(11-14-36-32)13-16-39-34;/h2-18H,1H3;/q-2;+2. The number of ether oxygens (including phenoxy) is 1. The summed E-state index contributed by atoms with van der Waals surface area (Å²) in [4.78, 5) is 9.53. The van der Waals surface area contributed by atoms with E-state index in [1.165, 1.54) is 36.2 Å². The molecule has 0 aliphatic carbocycles. The maximum absolute atomic E-state index is 6.37. The molecule has 3 nitrogen and oxygen atoms in total. The van der Waals surface area contributed by atoms with Crippen LogP contribution in [0.5, 0.6) is 11.5 Å². The second kappa shape index (κ2) is 10.7. The van der Waals surface area contributed by atoms with Crippen LogP contribution in [-0.4, -0.2) is 24.9 Å². The predicted octanol–water partition coefficient (Wildman–Crippen LogP) is 7.51. The molecule has 7 aromatic rings. The fourth-order valence-electron chi connectivity index (χ4n) is 5.39. The van der Waals surface area contributed by atoms with Gasteiger partial charge in [0.25, 0.3) is 0 Å². The number of benzene rings is 4. The van der Waals surface area contributed by atoms with Crippen LogP contribution in [0.2, 0.25) is 0 Å². The van der Waals surface area contributed by atoms with E-state index in [4.69, 9.17) is 9.72 Å². The zero-order valence-electron chi connectivity index (χ0n) is 21.8. The van der Waals surface area contributed by atoms with E-state index >= 15 is 0 Å². The van der Waals surface area contributed by atoms with Crippen LogP contribution in [0.1, 0.15) is 5.56 Å². The Hall–Kier alpha value is -3.59. The molecule has 1 aliphatic heterocycles. The zero-order chi connectivity index (χ0) is 26.6. The third kappa shape index (κ3) is 4.64. The number of thiophene rings is 1. The Labute approximate surface area is 262 Å². The van der Waals surface area contributed by atoms with Crippen molar-refractivity contribution in [2.75, 3.05) is 0 Å². The van der Waals surface area contributed by atoms with Crippen molar-refractivity contribution in [3.05, 3.63) is 120 Å². The van der Waals surface area contributed by atoms with Crippen LogP contribution in [0.3, 0.4) is 0 Å². The first-order chi connectivity index (χ1) is 19.7. The molecule has 3 aromatic heterocycles. The van der Waals surface area contributed by atoms with Crippen LogP contribution < -0.4 is 13.7 Å². The molecule has 8 rings (SSSR count). The number of pyridine rings is 2. The van der Waals surface area contributed by atoms with E-state index in [9.17, 15) is 0 Å². The van der Waals surface area contributed by atoms with Crippen LogP contribution in [0.4, 0.5) is 0 Å². The largest absolute Gasteiger partial charge is 2.00 e. The second-order valence-corrected chi connectivity index (χ2v) is 12.9. The van der Waals surface area contributed by atoms with Gasteiger partial charge in [0.2, 0.25) is 0 Å². The molecule has 0 saturated heterocycles. The summed E-state index contributed by atoms with van der Waals surface area (Å²) in [6.07, 6.45) is 3.77. The molecular formula is C35H20N2OPtSSe. The van der Waals surface area contributed by atoms with Gasteiger partial charge in [-0.2, -0.15) is 0 Å². The van der Waals surface area contributed by atoms with Crippen molar-refractivity contribution in [1.82, 2.24) is 9.97 Å². The Bertz CT molecular complexity index is 2100. The number of hydrogen-bond acceptors (Lipinski definition) is 4. The van der Waals surface area contributed by atoms with E-state index in [-0.39, 0.29) is 36.0 Å². The molecule has 0 saturated carbocycles. The van der Waals surface area contributed by atoms with Crippen molar-refractivity contribution in [2.24, 2.45) is 0 Å². The van der Waals surface area contributed by atoms with Gasteiger partial charge in [0.05, 0.1) is 0 Å². The third-order valence-electron chi connectivity index (χ3n) is 7.13. The molecule has 0 atom stereocenters. The average Bonchev–Trinajstić information content (AvgIpc) is 3.46. The van der Waals surface area contributed by atoms with Crippen LogP contribution in [0, 0.1) is 19.1 Å². The minimum atomic E-state index is 0. The zero-order valence-corrected chi connectivity index (χ0v) is 26.6. The van der Waals surface area contributed by atoms with Gasteiger partial charge in [0.1, 0.15) is 0 Å². The van der Waals surface area contributed by atoms with Crippen molar-refractivity contribution >= 4 is 56.1 Å². The van der Waals surface area contributed by atoms with Crippen molar-refractivity contribution in [3.8, 4) is 45.1 Å². The maximum Gasteiger partial charge on any atom is 2.00 e. The molecule has 4 aromatic carbocycles. The first kappa shape index (κ1) is 26.3. The third-order valence-corrected chi connectivity index (χ3v) is 10.5. The number of hydrogen-bond donors (Lipinski definition) is 0. The fraction of sp³-hybridized carbons (Fsp3) is 0.0286. The number of aromatic nitrogens is 2. The molecule has 198 valence electrons. The van der Waals surface area contributed by atoms with Gasteiger partial charge < -0.3 is 0 Å². The summed E-state index contributed by atoms with van der Waals surface area (Å²) in [7, 11) is 0. The summed E-state index contributed by atoms with van der Waals surface area (Å²) < 4.78 is 10.2. The average molecular weight is 791 g/mol. The van der Waals surface area contributed by atoms with Crippen molar-refractivity contribution in [3.63, 3.8) is 0 Å². The summed E-state index contributed by atoms with van der Waals surface area (Å²) in [6.45, 7) is 2.09. The molecular weight excluding hydrogens is 771 g/mol. The molecule has 41 heavy (non-hydrogen) atoms. The van der Waals surface area contributed by atoms with Crippen molar-refractivity contribution in [1.29, 1.82) is 0 Å². The van der Waals surface area contributed by atoms with Crippen molar-refractivity contribution < 1.29 is 25.8 Å². The summed E-state index contributed by atoms with van der Waals surface area (Å²) in [6, 6.07) is 36.6. The van der Waals surface area contributed by atoms with E-state index in [0.717, 1.165) is 32.8 Å². The van der Waals surface area contributed by atoms with Crippen LogP contribution in [0.15, 0.2) is 103 Å². The van der Waals surface area contributed by atoms with Gasteiger partial charge in [-0.05, 0) is 17.5 Å². The van der Waals surface area contributed by atoms with Gasteiger partial charge in [-0.25, -0.2) is 0 Å². The van der Waals surface area contributed by atoms with Gasteiger partial charge in [0.15, 0.2) is 0 Å². The molecule has 0 unspecified atom stereocenters. The van der Waals surface area contributed by atoms with Gasteiger partial charge in [-0.15, -0.1) is 0 Å². The molecule has 0 amide bonds. The van der Waals surface area contributed by atoms with E-state index in [2.05, 4.69) is 84.0 Å². The Morgan fingerprint density at radius 3 is 2.46 bits per heavy atom. The Balaban J connectivity index is 0.00000276. The first-order valence-corrected chi connectivity index (χ1v) is 15.6. The molecule has 0 N–H and O–H groups in total. The van der Waals surface area contributed by atoms with Crippen molar-refractivity contribution in [2.45, 2.75) is 6.92 Å². The van der Waals surface area contributed by atoms with E-state index in [0.29, 0.717) is 11.5 Å². The quantitative estimate of drug-likeness (QED) is 0.137. The number of aryl methyl sites for hydroxylation is 1. The van der Waals surface area contributed by atoms with Gasteiger partial charge in [-0.1, -0.05) is 0 Å². The van der Waals surface area contributed by atoms with Gasteiger partial charge >= 0.3 is 247 Å². The van der Waals surface area contributed by atoms with E-state index < -0.39 is 0 Å². The molecule has 0 bridgehead atoms. The molecule has 1 aliphatic rings. The second-order valence-electron chi connectivity index (χ2n) is 9.76. The van der Waals surface area contributed by atoms with Crippen LogP contribution >= 0.6 is 11.3 Å². The molecule has 0 spiro atoms. The fourth-order valence-corrected chi connectivity index (χ4v) is 8.90. The minimum Gasteiger partial charge on any atom is 2.00 e. The minimum absolute atomic E-state index is 0. The van der Waals surface area contributed by atoms with Crippen LogP contribution in [-0.2, 0) is 21.1 Å². The Morgan fingerprint density at radius 1 is 0.732 bits per heavy atom. The van der Waals surface area contributed by atoms with Gasteiger partial charge in [0, 0.05) is 0 Å². The number of rotatable bonds is 4. The monoisotopic (exact) mass is 791 g/mol. The first-order valence-electron chi connectivity index (χ1n) is 13.0. The van der Waals surface area contributed by atoms with Gasteiger partial charge in [-0.3, -0.25) is 0 Å². The Kier molecular flexibility index (Phi) is 6.85. The predicted molar refractivity (Wildman–Crippen MR) is 165 cm³/mol. The topological polar surface area (TPSA) is 35.0 Å². The normalized spacial score (nSPS) is 11.7. The SMILES string of the molecule is Cc1cc(Oc2[c-]c(-c3nccc4ccsc34)ccc2)[c-]c(-c2nccc3c2[Se]c2cccc4cccc-3c24)c1.[Pt+2]. The number of fused-ring (bicyclic) bond motifs is 3. The molecule has 0 radical (unpaired) electrons. The smallest absolute Gasteiger partial charge is 2.00 e. The summed E-state index contributed by atoms with van der Waals surface area (Å²) >= 11 is 1.82. The number of nitrogens with zero attached hydrogens (tertiary/aromatic N) is 2. The van der Waals surface area contributed by atoms with E-state index in [1.54, 1.807) is 11.3 Å². The van der Waals surface area contributed by atoms with E-state index in [1.807, 2.05) is 42.7 Å². The summed E-state index contributed by atoms with van der Waals surface area (Å²) in [5.74, 6) is 1.28.